The molecule has 5 aromatic rings. The number of carbonyl (C=O) groups is 1. The molecule has 43 heavy (non-hydrogen) atoms. The van der Waals surface area contributed by atoms with E-state index in [1.807, 2.05) is 71.0 Å². The van der Waals surface area contributed by atoms with Crippen LogP contribution in [0.4, 0.5) is 5.69 Å². The lowest BCUT2D eigenvalue weighted by Crippen LogP contribution is -2.23. The minimum Gasteiger partial charge on any atom is -0.322 e. The van der Waals surface area contributed by atoms with Gasteiger partial charge < -0.3 is 9.88 Å². The van der Waals surface area contributed by atoms with Gasteiger partial charge in [-0.25, -0.2) is 4.98 Å². The topological polar surface area (TPSA) is 81.3 Å². The number of hydrogen-bond acceptors (Lipinski definition) is 5. The van der Waals surface area contributed by atoms with Gasteiger partial charge in [-0.1, -0.05) is 47.5 Å². The van der Waals surface area contributed by atoms with Crippen LogP contribution in [0.3, 0.4) is 0 Å². The summed E-state index contributed by atoms with van der Waals surface area (Å²) in [5.41, 5.74) is 7.14. The number of amides is 1. The maximum absolute atomic E-state index is 13.8. The number of fused-ring (bicyclic) bond motifs is 2. The largest absolute Gasteiger partial charge is 0.322 e. The van der Waals surface area contributed by atoms with E-state index in [9.17, 15) is 9.59 Å². The van der Waals surface area contributed by atoms with E-state index >= 15 is 0 Å². The van der Waals surface area contributed by atoms with Gasteiger partial charge in [0.2, 0.25) is 0 Å². The van der Waals surface area contributed by atoms with Crippen molar-refractivity contribution in [1.29, 1.82) is 0 Å². The molecule has 0 fully saturated rings. The fourth-order valence-corrected chi connectivity index (χ4v) is 7.63. The molecule has 9 heteroatoms. The number of halogens is 1. The van der Waals surface area contributed by atoms with E-state index in [-0.39, 0.29) is 17.4 Å². The van der Waals surface area contributed by atoms with Gasteiger partial charge in [0.05, 0.1) is 22.7 Å². The van der Waals surface area contributed by atoms with Crippen LogP contribution >= 0.6 is 27.3 Å². The smallest absolute Gasteiger partial charge is 0.282 e. The zero-order valence-electron chi connectivity index (χ0n) is 25.0. The van der Waals surface area contributed by atoms with E-state index in [0.717, 1.165) is 68.9 Å². The van der Waals surface area contributed by atoms with Crippen LogP contribution < -0.4 is 10.9 Å². The Morgan fingerprint density at radius 2 is 1.81 bits per heavy atom. The molecule has 0 unspecified atom stereocenters. The van der Waals surface area contributed by atoms with Crippen molar-refractivity contribution >= 4 is 56.0 Å². The Hall–Kier alpha value is -3.82. The summed E-state index contributed by atoms with van der Waals surface area (Å²) in [7, 11) is 0. The molecule has 0 saturated heterocycles. The number of thiophene rings is 1. The van der Waals surface area contributed by atoms with Gasteiger partial charge in [-0.05, 0) is 88.4 Å². The molecule has 0 spiro atoms. The summed E-state index contributed by atoms with van der Waals surface area (Å²) in [5.74, 6) is 0.519. The lowest BCUT2D eigenvalue weighted by molar-refractivity contribution is 0.102. The van der Waals surface area contributed by atoms with Crippen molar-refractivity contribution in [3.63, 3.8) is 0 Å². The molecular formula is C34H34BrN5O2S. The number of nitrogens with one attached hydrogen (secondary N) is 1. The van der Waals surface area contributed by atoms with E-state index in [0.29, 0.717) is 16.7 Å². The molecule has 2 aromatic carbocycles. The van der Waals surface area contributed by atoms with Crippen LogP contribution in [0.15, 0.2) is 62.9 Å². The lowest BCUT2D eigenvalue weighted by atomic mass is 9.95. The number of aromatic nitrogens is 3. The molecule has 1 amide bonds. The molecule has 0 aliphatic heterocycles. The van der Waals surface area contributed by atoms with E-state index < -0.39 is 0 Å². The van der Waals surface area contributed by atoms with Crippen molar-refractivity contribution in [3.05, 3.63) is 108 Å². The summed E-state index contributed by atoms with van der Waals surface area (Å²) in [5, 5.41) is 9.27. The van der Waals surface area contributed by atoms with Crippen molar-refractivity contribution in [2.24, 2.45) is 5.10 Å². The third-order valence-corrected chi connectivity index (χ3v) is 9.79. The molecule has 3 heterocycles. The van der Waals surface area contributed by atoms with Gasteiger partial charge in [-0.3, -0.25) is 9.59 Å². The molecule has 0 bridgehead atoms. The van der Waals surface area contributed by atoms with E-state index in [2.05, 4.69) is 37.0 Å². The van der Waals surface area contributed by atoms with Crippen LogP contribution in [0.1, 0.15) is 81.7 Å². The van der Waals surface area contributed by atoms with Gasteiger partial charge in [0.15, 0.2) is 0 Å². The first-order chi connectivity index (χ1) is 20.6. The minimum atomic E-state index is -0.207. The van der Waals surface area contributed by atoms with E-state index in [1.165, 1.54) is 15.1 Å². The maximum Gasteiger partial charge on any atom is 0.282 e. The number of aryl methyl sites for hydroxylation is 3. The second-order valence-corrected chi connectivity index (χ2v) is 13.5. The van der Waals surface area contributed by atoms with Gasteiger partial charge in [0, 0.05) is 37.9 Å². The molecule has 220 valence electrons. The summed E-state index contributed by atoms with van der Waals surface area (Å²) in [4.78, 5) is 33.5. The van der Waals surface area contributed by atoms with Crippen LogP contribution in [0.25, 0.3) is 15.9 Å². The zero-order chi connectivity index (χ0) is 30.4. The Balaban J connectivity index is 1.43. The average molecular weight is 657 g/mol. The first-order valence-electron chi connectivity index (χ1n) is 14.6. The fraction of sp³-hybridized carbons (Fsp3) is 0.294. The van der Waals surface area contributed by atoms with Crippen LogP contribution in [-0.4, -0.2) is 26.3 Å². The number of rotatable bonds is 6. The Bertz CT molecular complexity index is 1960. The van der Waals surface area contributed by atoms with Crippen molar-refractivity contribution in [2.75, 3.05) is 5.32 Å². The second kappa shape index (κ2) is 11.7. The van der Waals surface area contributed by atoms with Gasteiger partial charge >= 0.3 is 0 Å². The summed E-state index contributed by atoms with van der Waals surface area (Å²) in [6.45, 7) is 10.1. The normalized spacial score (nSPS) is 13.3. The summed E-state index contributed by atoms with van der Waals surface area (Å²) < 4.78 is 4.39. The molecule has 6 rings (SSSR count). The standard InChI is InChI=1S/C34H34BrN5O2S/c1-19(2)31-38-28-15-12-24(35)17-27(28)33(42)40(31)36-18-23-16-21(4)39(22(23)5)34-30(26-8-6-7-9-29(26)43-34)32(41)37-25-13-10-20(3)11-14-25/h10-19H,6-9H2,1-5H3,(H,37,41). The first kappa shape index (κ1) is 29.3. The van der Waals surface area contributed by atoms with Crippen LogP contribution in [0.2, 0.25) is 0 Å². The number of benzene rings is 2. The summed E-state index contributed by atoms with van der Waals surface area (Å²) >= 11 is 5.18. The predicted octanol–water partition coefficient (Wildman–Crippen LogP) is 8.07. The van der Waals surface area contributed by atoms with E-state index in [4.69, 9.17) is 4.98 Å². The monoisotopic (exact) mass is 655 g/mol. The molecule has 1 aliphatic carbocycles. The lowest BCUT2D eigenvalue weighted by Gasteiger charge is -2.14. The van der Waals surface area contributed by atoms with Gasteiger partial charge in [0.1, 0.15) is 10.8 Å². The summed E-state index contributed by atoms with van der Waals surface area (Å²) in [6.07, 6.45) is 5.85. The molecule has 0 saturated carbocycles. The highest BCUT2D eigenvalue weighted by atomic mass is 79.9. The molecule has 3 aromatic heterocycles. The Morgan fingerprint density at radius 3 is 2.56 bits per heavy atom. The molecule has 7 nitrogen and oxygen atoms in total. The second-order valence-electron chi connectivity index (χ2n) is 11.5. The number of nitrogens with zero attached hydrogens (tertiary/aromatic N) is 4. The summed E-state index contributed by atoms with van der Waals surface area (Å²) in [6, 6.07) is 15.5. The maximum atomic E-state index is 13.8. The number of hydrogen-bond donors (Lipinski definition) is 1. The van der Waals surface area contributed by atoms with Gasteiger partial charge in [-0.2, -0.15) is 9.78 Å². The number of anilines is 1. The minimum absolute atomic E-state index is 0.00244. The van der Waals surface area contributed by atoms with Crippen molar-refractivity contribution in [2.45, 2.75) is 66.2 Å². The van der Waals surface area contributed by atoms with Crippen molar-refractivity contribution in [3.8, 4) is 5.00 Å². The van der Waals surface area contributed by atoms with Gasteiger partial charge in [0.25, 0.3) is 11.5 Å². The quantitative estimate of drug-likeness (QED) is 0.188. The fourth-order valence-electron chi connectivity index (χ4n) is 5.78. The molecular weight excluding hydrogens is 622 g/mol. The highest BCUT2D eigenvalue weighted by molar-refractivity contribution is 9.10. The SMILES string of the molecule is Cc1ccc(NC(=O)c2c(-n3c(C)cc(C=Nn4c(C(C)C)nc5ccc(Br)cc5c4=O)c3C)sc3c2CCCC3)cc1. The highest BCUT2D eigenvalue weighted by Crippen LogP contribution is 2.39. The Labute approximate surface area is 263 Å². The Morgan fingerprint density at radius 1 is 1.07 bits per heavy atom. The number of carbonyl (C=O) groups excluding carboxylic acids is 1. The van der Waals surface area contributed by atoms with Crippen LogP contribution in [0, 0.1) is 20.8 Å². The average Bonchev–Trinajstić information content (AvgIpc) is 3.49. The first-order valence-corrected chi connectivity index (χ1v) is 16.2. The molecule has 1 aliphatic rings. The van der Waals surface area contributed by atoms with Crippen molar-refractivity contribution < 1.29 is 4.79 Å². The zero-order valence-corrected chi connectivity index (χ0v) is 27.4. The molecule has 1 N–H and O–H groups in total. The third-order valence-electron chi connectivity index (χ3n) is 8.02. The van der Waals surface area contributed by atoms with Crippen LogP contribution in [-0.2, 0) is 12.8 Å². The molecule has 0 radical (unpaired) electrons. The van der Waals surface area contributed by atoms with E-state index in [1.54, 1.807) is 23.6 Å². The van der Waals surface area contributed by atoms with Crippen molar-refractivity contribution in [1.82, 2.24) is 14.2 Å². The highest BCUT2D eigenvalue weighted by Gasteiger charge is 2.28. The third kappa shape index (κ3) is 5.52. The van der Waals surface area contributed by atoms with Crippen LogP contribution in [0.5, 0.6) is 0 Å². The van der Waals surface area contributed by atoms with Gasteiger partial charge in [-0.15, -0.1) is 11.3 Å². The molecule has 0 atom stereocenters. The predicted molar refractivity (Wildman–Crippen MR) is 180 cm³/mol. The Kier molecular flexibility index (Phi) is 7.96.